The molecule has 1 aromatic heterocycles. The summed E-state index contributed by atoms with van der Waals surface area (Å²) in [6.07, 6.45) is 0. The molecule has 1 unspecified atom stereocenters. The number of piperazine rings is 1. The van der Waals surface area contributed by atoms with Gasteiger partial charge in [0.15, 0.2) is 5.69 Å². The molecular formula is C27H29N5O4S. The second-order valence-electron chi connectivity index (χ2n) is 9.62. The first-order chi connectivity index (χ1) is 18.0. The Morgan fingerprint density at radius 2 is 1.59 bits per heavy atom. The number of nitrogens with zero attached hydrogens (tertiary/aromatic N) is 5. The number of hydrogen-bond donors (Lipinski definition) is 0. The first kappa shape index (κ1) is 24.0. The molecule has 0 N–H and O–H groups in total. The molecule has 3 aromatic rings. The molecule has 3 aliphatic heterocycles. The number of para-hydroxylation sites is 1. The van der Waals surface area contributed by atoms with Crippen LogP contribution in [0, 0.1) is 0 Å². The van der Waals surface area contributed by atoms with Crippen molar-refractivity contribution in [2.24, 2.45) is 0 Å². The Bertz CT molecular complexity index is 1370. The molecule has 2 fully saturated rings. The van der Waals surface area contributed by atoms with Gasteiger partial charge in [-0.25, -0.2) is 4.68 Å². The van der Waals surface area contributed by atoms with Gasteiger partial charge in [0, 0.05) is 60.9 Å². The third-order valence-electron chi connectivity index (χ3n) is 7.28. The number of carbonyl (C=O) groups is 2. The molecule has 6 rings (SSSR count). The fraction of sp³-hybridized carbons (Fsp3) is 0.370. The van der Waals surface area contributed by atoms with Gasteiger partial charge >= 0.3 is 0 Å². The van der Waals surface area contributed by atoms with Crippen molar-refractivity contribution in [1.29, 1.82) is 0 Å². The number of amides is 2. The van der Waals surface area contributed by atoms with E-state index in [0.29, 0.717) is 66.7 Å². The zero-order chi connectivity index (χ0) is 25.5. The summed E-state index contributed by atoms with van der Waals surface area (Å²) in [6.45, 7) is 4.97. The van der Waals surface area contributed by atoms with Gasteiger partial charge in [-0.15, -0.1) is 0 Å². The monoisotopic (exact) mass is 519 g/mol. The number of hydrogen-bond acceptors (Lipinski definition) is 6. The lowest BCUT2D eigenvalue weighted by atomic mass is 10.0. The molecule has 0 spiro atoms. The minimum Gasteiger partial charge on any atom is -0.378 e. The highest BCUT2D eigenvalue weighted by atomic mass is 32.2. The number of carbonyl (C=O) groups excluding carboxylic acids is 2. The molecule has 192 valence electrons. The van der Waals surface area contributed by atoms with Crippen molar-refractivity contribution in [2.45, 2.75) is 10.6 Å². The van der Waals surface area contributed by atoms with Crippen LogP contribution in [-0.4, -0.2) is 100 Å². The average Bonchev–Trinajstić information content (AvgIpc) is 3.33. The summed E-state index contributed by atoms with van der Waals surface area (Å²) >= 11 is 0. The van der Waals surface area contributed by atoms with E-state index in [1.807, 2.05) is 41.3 Å². The maximum absolute atomic E-state index is 13.6. The van der Waals surface area contributed by atoms with Crippen LogP contribution >= 0.6 is 0 Å². The summed E-state index contributed by atoms with van der Waals surface area (Å²) in [5, 5.41) is 4.79. The van der Waals surface area contributed by atoms with Crippen LogP contribution in [0.25, 0.3) is 16.9 Å². The van der Waals surface area contributed by atoms with Crippen molar-refractivity contribution in [1.82, 2.24) is 24.5 Å². The van der Waals surface area contributed by atoms with Crippen LogP contribution in [0.3, 0.4) is 0 Å². The van der Waals surface area contributed by atoms with E-state index in [0.717, 1.165) is 24.5 Å². The summed E-state index contributed by atoms with van der Waals surface area (Å²) in [5.41, 5.74) is 3.75. The Morgan fingerprint density at radius 1 is 0.892 bits per heavy atom. The van der Waals surface area contributed by atoms with Gasteiger partial charge < -0.3 is 19.4 Å². The highest BCUT2D eigenvalue weighted by molar-refractivity contribution is 7.84. The molecule has 37 heavy (non-hydrogen) atoms. The van der Waals surface area contributed by atoms with Crippen LogP contribution in [-0.2, 0) is 21.3 Å². The minimum absolute atomic E-state index is 0.0378. The smallest absolute Gasteiger partial charge is 0.274 e. The van der Waals surface area contributed by atoms with Gasteiger partial charge in [-0.2, -0.15) is 5.10 Å². The second kappa shape index (κ2) is 9.85. The first-order valence-corrected chi connectivity index (χ1v) is 13.9. The van der Waals surface area contributed by atoms with Gasteiger partial charge in [-0.3, -0.25) is 13.8 Å². The number of aromatic nitrogens is 2. The number of benzene rings is 2. The zero-order valence-corrected chi connectivity index (χ0v) is 21.6. The molecule has 0 radical (unpaired) electrons. The third-order valence-corrected chi connectivity index (χ3v) is 8.68. The van der Waals surface area contributed by atoms with Crippen LogP contribution < -0.4 is 0 Å². The Kier molecular flexibility index (Phi) is 6.39. The Balaban J connectivity index is 1.47. The van der Waals surface area contributed by atoms with Gasteiger partial charge in [0.25, 0.3) is 11.8 Å². The van der Waals surface area contributed by atoms with Crippen LogP contribution in [0.2, 0.25) is 0 Å². The third kappa shape index (κ3) is 4.39. The van der Waals surface area contributed by atoms with E-state index in [9.17, 15) is 13.8 Å². The van der Waals surface area contributed by atoms with E-state index in [-0.39, 0.29) is 17.6 Å². The molecule has 3 aliphatic rings. The number of ether oxygens (including phenoxy) is 1. The second-order valence-corrected chi connectivity index (χ2v) is 11.0. The van der Waals surface area contributed by atoms with Gasteiger partial charge in [0.05, 0.1) is 41.1 Å². The van der Waals surface area contributed by atoms with Crippen molar-refractivity contribution in [3.63, 3.8) is 0 Å². The molecule has 2 amide bonds. The largest absolute Gasteiger partial charge is 0.378 e. The van der Waals surface area contributed by atoms with E-state index in [4.69, 9.17) is 9.84 Å². The predicted molar refractivity (Wildman–Crippen MR) is 139 cm³/mol. The van der Waals surface area contributed by atoms with E-state index in [2.05, 4.69) is 11.9 Å². The van der Waals surface area contributed by atoms with Crippen molar-refractivity contribution < 1.29 is 18.5 Å². The summed E-state index contributed by atoms with van der Waals surface area (Å²) in [5.74, 6) is -0.0182. The first-order valence-electron chi connectivity index (χ1n) is 12.6. The summed E-state index contributed by atoms with van der Waals surface area (Å²) in [4.78, 5) is 33.4. The number of fused-ring (bicyclic) bond motifs is 3. The maximum atomic E-state index is 13.6. The lowest BCUT2D eigenvalue weighted by Gasteiger charge is -2.32. The minimum atomic E-state index is -1.36. The molecule has 0 aliphatic carbocycles. The Morgan fingerprint density at radius 3 is 2.32 bits per heavy atom. The van der Waals surface area contributed by atoms with Gasteiger partial charge in [-0.05, 0) is 37.4 Å². The van der Waals surface area contributed by atoms with Crippen molar-refractivity contribution in [3.05, 3.63) is 65.4 Å². The molecule has 4 heterocycles. The number of likely N-dealkylation sites (N-methyl/N-ethyl adjacent to an activating group) is 1. The Hall–Kier alpha value is -3.34. The summed E-state index contributed by atoms with van der Waals surface area (Å²) in [7, 11) is 0.691. The lowest BCUT2D eigenvalue weighted by Crippen LogP contribution is -2.47. The lowest BCUT2D eigenvalue weighted by molar-refractivity contribution is 0.0298. The fourth-order valence-electron chi connectivity index (χ4n) is 5.16. The molecule has 2 saturated heterocycles. The van der Waals surface area contributed by atoms with Gasteiger partial charge in [0.2, 0.25) is 0 Å². The van der Waals surface area contributed by atoms with Crippen LogP contribution in [0.4, 0.5) is 0 Å². The van der Waals surface area contributed by atoms with Crippen molar-refractivity contribution in [2.75, 3.05) is 59.5 Å². The van der Waals surface area contributed by atoms with Crippen molar-refractivity contribution >= 4 is 22.6 Å². The highest BCUT2D eigenvalue weighted by Crippen LogP contribution is 2.40. The number of morpholine rings is 1. The fourth-order valence-corrected chi connectivity index (χ4v) is 6.47. The SMILES string of the molecule is CN1CCN(C(=O)c2ccc3c(c2)-c2c(c(C(=O)N4CCOCC4)nn2-c2ccccc2)CS3=O)CC1. The Labute approximate surface area is 218 Å². The summed E-state index contributed by atoms with van der Waals surface area (Å²) in [6, 6.07) is 15.0. The predicted octanol–water partition coefficient (Wildman–Crippen LogP) is 2.02. The van der Waals surface area contributed by atoms with Crippen LogP contribution in [0.5, 0.6) is 0 Å². The van der Waals surface area contributed by atoms with Gasteiger partial charge in [-0.1, -0.05) is 18.2 Å². The molecule has 0 saturated carbocycles. The standard InChI is InChI=1S/C27H29N5O4S/c1-29-9-11-30(12-10-29)26(33)19-7-8-23-21(17-19)25-22(18-37(23)35)24(27(34)31-13-15-36-16-14-31)28-32(25)20-5-3-2-4-6-20/h2-8,17H,9-16,18H2,1H3. The molecule has 9 nitrogen and oxygen atoms in total. The topological polar surface area (TPSA) is 88.0 Å². The molecule has 10 heteroatoms. The zero-order valence-electron chi connectivity index (χ0n) is 20.8. The highest BCUT2D eigenvalue weighted by Gasteiger charge is 2.35. The van der Waals surface area contributed by atoms with E-state index < -0.39 is 10.8 Å². The van der Waals surface area contributed by atoms with E-state index in [1.54, 1.807) is 21.7 Å². The normalized spacial score (nSPS) is 19.9. The maximum Gasteiger partial charge on any atom is 0.274 e. The quantitative estimate of drug-likeness (QED) is 0.526. The van der Waals surface area contributed by atoms with E-state index >= 15 is 0 Å². The molecule has 1 atom stereocenters. The van der Waals surface area contributed by atoms with Gasteiger partial charge in [0.1, 0.15) is 0 Å². The van der Waals surface area contributed by atoms with E-state index in [1.165, 1.54) is 0 Å². The van der Waals surface area contributed by atoms with Crippen LogP contribution in [0.1, 0.15) is 26.4 Å². The average molecular weight is 520 g/mol. The van der Waals surface area contributed by atoms with Crippen LogP contribution in [0.15, 0.2) is 53.4 Å². The molecular weight excluding hydrogens is 490 g/mol. The van der Waals surface area contributed by atoms with Crippen molar-refractivity contribution in [3.8, 4) is 16.9 Å². The molecule has 2 aromatic carbocycles. The number of rotatable bonds is 3. The summed E-state index contributed by atoms with van der Waals surface area (Å²) < 4.78 is 20.6. The molecule has 0 bridgehead atoms.